The van der Waals surface area contributed by atoms with Crippen LogP contribution in [0.3, 0.4) is 0 Å². The number of rotatable bonds is 8. The molecule has 0 fully saturated rings. The Morgan fingerprint density at radius 1 is 1.28 bits per heavy atom. The van der Waals surface area contributed by atoms with Crippen LogP contribution in [0.1, 0.15) is 32.0 Å². The highest BCUT2D eigenvalue weighted by molar-refractivity contribution is 8.02. The van der Waals surface area contributed by atoms with Gasteiger partial charge >= 0.3 is 5.97 Å². The van der Waals surface area contributed by atoms with Crippen LogP contribution in [-0.4, -0.2) is 28.7 Å². The van der Waals surface area contributed by atoms with Crippen LogP contribution in [0.4, 0.5) is 5.69 Å². The number of ether oxygens (including phenoxy) is 1. The molecule has 0 aliphatic heterocycles. The van der Waals surface area contributed by atoms with Gasteiger partial charge in [-0.05, 0) is 38.0 Å². The number of nitrogens with zero attached hydrogens (tertiary/aromatic N) is 1. The molecule has 1 aromatic heterocycles. The topological polar surface area (TPSA) is 68.3 Å². The van der Waals surface area contributed by atoms with Gasteiger partial charge in [-0.1, -0.05) is 30.8 Å². The number of hydrogen-bond donors (Lipinski definition) is 1. The van der Waals surface area contributed by atoms with E-state index in [0.29, 0.717) is 12.3 Å². The van der Waals surface area contributed by atoms with Crippen molar-refractivity contribution in [1.82, 2.24) is 4.98 Å². The summed E-state index contributed by atoms with van der Waals surface area (Å²) in [7, 11) is 0. The number of carbonyl (C=O) groups excluding carboxylic acids is 2. The first-order chi connectivity index (χ1) is 12.0. The number of nitrogens with one attached hydrogen (secondary N) is 1. The Morgan fingerprint density at radius 2 is 2.00 bits per heavy atom. The molecule has 1 heterocycles. The van der Waals surface area contributed by atoms with Crippen LogP contribution in [0.5, 0.6) is 0 Å². The summed E-state index contributed by atoms with van der Waals surface area (Å²) < 4.78 is 5.68. The number of thioether (sulfide) groups is 1. The van der Waals surface area contributed by atoms with Crippen molar-refractivity contribution in [3.63, 3.8) is 0 Å². The monoisotopic (exact) mass is 378 g/mol. The van der Waals surface area contributed by atoms with E-state index in [9.17, 15) is 9.59 Å². The molecule has 0 bridgehead atoms. The van der Waals surface area contributed by atoms with Crippen molar-refractivity contribution in [3.8, 4) is 0 Å². The van der Waals surface area contributed by atoms with Gasteiger partial charge in [-0.2, -0.15) is 0 Å². The van der Waals surface area contributed by atoms with Gasteiger partial charge < -0.3 is 10.1 Å². The summed E-state index contributed by atoms with van der Waals surface area (Å²) in [5.74, 6) is -0.359. The van der Waals surface area contributed by atoms with E-state index in [4.69, 9.17) is 4.74 Å². The van der Waals surface area contributed by atoms with Crippen molar-refractivity contribution in [2.24, 2.45) is 0 Å². The Hall–Kier alpha value is -1.86. The van der Waals surface area contributed by atoms with Crippen LogP contribution in [0.25, 0.3) is 0 Å². The van der Waals surface area contributed by atoms with Crippen LogP contribution < -0.4 is 5.32 Å². The van der Waals surface area contributed by atoms with E-state index in [1.807, 2.05) is 36.6 Å². The summed E-state index contributed by atoms with van der Waals surface area (Å²) in [4.78, 5) is 28.2. The average molecular weight is 379 g/mol. The highest BCUT2D eigenvalue weighted by Crippen LogP contribution is 2.27. The highest BCUT2D eigenvalue weighted by atomic mass is 32.2. The van der Waals surface area contributed by atoms with Gasteiger partial charge in [-0.15, -0.1) is 11.3 Å². The Bertz CT molecular complexity index is 713. The summed E-state index contributed by atoms with van der Waals surface area (Å²) in [5.41, 5.74) is 2.70. The molecule has 1 aromatic carbocycles. The van der Waals surface area contributed by atoms with Crippen molar-refractivity contribution in [1.29, 1.82) is 0 Å². The molecule has 25 heavy (non-hydrogen) atoms. The normalized spacial score (nSPS) is 11.8. The lowest BCUT2D eigenvalue weighted by molar-refractivity contribution is -0.142. The number of thiazole rings is 1. The van der Waals surface area contributed by atoms with E-state index in [-0.39, 0.29) is 23.5 Å². The van der Waals surface area contributed by atoms with Crippen LogP contribution in [0.2, 0.25) is 0 Å². The van der Waals surface area contributed by atoms with Gasteiger partial charge in [0.05, 0.1) is 24.0 Å². The van der Waals surface area contributed by atoms with E-state index in [1.54, 1.807) is 6.92 Å². The van der Waals surface area contributed by atoms with Crippen LogP contribution in [-0.2, 0) is 27.2 Å². The molecular formula is C18H22N2O3S2. The minimum atomic E-state index is -0.286. The van der Waals surface area contributed by atoms with Crippen molar-refractivity contribution >= 4 is 40.7 Å². The zero-order valence-electron chi connectivity index (χ0n) is 14.6. The third-order valence-electron chi connectivity index (χ3n) is 3.44. The average Bonchev–Trinajstić information content (AvgIpc) is 3.02. The number of anilines is 1. The minimum Gasteiger partial charge on any atom is -0.466 e. The maximum Gasteiger partial charge on any atom is 0.311 e. The SMILES string of the molecule is CCOC(=O)Cc1csc(S[C@@H](C)C(=O)Nc2ccc(CC)cc2)n1. The summed E-state index contributed by atoms with van der Waals surface area (Å²) in [5, 5.41) is 4.45. The number of benzene rings is 1. The van der Waals surface area contributed by atoms with Crippen molar-refractivity contribution in [2.75, 3.05) is 11.9 Å². The van der Waals surface area contributed by atoms with Gasteiger partial charge in [0.1, 0.15) is 0 Å². The first-order valence-corrected chi connectivity index (χ1v) is 9.94. The van der Waals surface area contributed by atoms with Crippen LogP contribution in [0.15, 0.2) is 34.0 Å². The van der Waals surface area contributed by atoms with Gasteiger partial charge in [0.25, 0.3) is 0 Å². The van der Waals surface area contributed by atoms with Crippen LogP contribution in [0, 0.1) is 0 Å². The van der Waals surface area contributed by atoms with E-state index in [0.717, 1.165) is 16.4 Å². The van der Waals surface area contributed by atoms with Crippen LogP contribution >= 0.6 is 23.1 Å². The zero-order chi connectivity index (χ0) is 18.2. The fraction of sp³-hybridized carbons (Fsp3) is 0.389. The number of esters is 1. The Labute approximate surface area is 156 Å². The summed E-state index contributed by atoms with van der Waals surface area (Å²) in [6.45, 7) is 6.07. The molecule has 2 rings (SSSR count). The Morgan fingerprint density at radius 3 is 2.64 bits per heavy atom. The predicted molar refractivity (Wildman–Crippen MR) is 102 cm³/mol. The highest BCUT2D eigenvalue weighted by Gasteiger charge is 2.17. The zero-order valence-corrected chi connectivity index (χ0v) is 16.2. The quantitative estimate of drug-likeness (QED) is 0.557. The predicted octanol–water partition coefficient (Wildman–Crippen LogP) is 3.93. The summed E-state index contributed by atoms with van der Waals surface area (Å²) in [6, 6.07) is 7.84. The molecule has 134 valence electrons. The van der Waals surface area contributed by atoms with E-state index in [1.165, 1.54) is 28.7 Å². The van der Waals surface area contributed by atoms with E-state index < -0.39 is 0 Å². The van der Waals surface area contributed by atoms with Crippen molar-refractivity contribution < 1.29 is 14.3 Å². The molecule has 0 saturated carbocycles. The number of aromatic nitrogens is 1. The van der Waals surface area contributed by atoms with Gasteiger partial charge in [0.2, 0.25) is 5.91 Å². The minimum absolute atomic E-state index is 0.0728. The first-order valence-electron chi connectivity index (χ1n) is 8.18. The van der Waals surface area contributed by atoms with E-state index in [2.05, 4.69) is 17.2 Å². The molecule has 5 nitrogen and oxygen atoms in total. The smallest absolute Gasteiger partial charge is 0.311 e. The van der Waals surface area contributed by atoms with Gasteiger partial charge in [0.15, 0.2) is 4.34 Å². The lowest BCUT2D eigenvalue weighted by Gasteiger charge is -2.10. The van der Waals surface area contributed by atoms with Gasteiger partial charge in [-0.3, -0.25) is 9.59 Å². The van der Waals surface area contributed by atoms with Gasteiger partial charge in [-0.25, -0.2) is 4.98 Å². The molecule has 0 aliphatic rings. The molecule has 0 radical (unpaired) electrons. The van der Waals surface area contributed by atoms with Crippen molar-refractivity contribution in [2.45, 2.75) is 43.2 Å². The second kappa shape index (κ2) is 9.58. The Kier molecular flexibility index (Phi) is 7.46. The maximum atomic E-state index is 12.3. The molecule has 0 saturated heterocycles. The van der Waals surface area contributed by atoms with E-state index >= 15 is 0 Å². The molecule has 1 N–H and O–H groups in total. The van der Waals surface area contributed by atoms with Crippen molar-refractivity contribution in [3.05, 3.63) is 40.9 Å². The maximum absolute atomic E-state index is 12.3. The number of hydrogen-bond acceptors (Lipinski definition) is 6. The van der Waals surface area contributed by atoms with Gasteiger partial charge in [0, 0.05) is 11.1 Å². The second-order valence-electron chi connectivity index (χ2n) is 5.39. The second-order valence-corrected chi connectivity index (χ2v) is 7.83. The first kappa shape index (κ1) is 19.5. The lowest BCUT2D eigenvalue weighted by atomic mass is 10.1. The third kappa shape index (κ3) is 6.17. The summed E-state index contributed by atoms with van der Waals surface area (Å²) in [6.07, 6.45) is 1.13. The molecule has 0 spiro atoms. The number of carbonyl (C=O) groups is 2. The molecular weight excluding hydrogens is 356 g/mol. The standard InChI is InChI=1S/C18H22N2O3S2/c1-4-13-6-8-14(9-7-13)19-17(22)12(3)25-18-20-15(11-24-18)10-16(21)23-5-2/h6-9,11-12H,4-5,10H2,1-3H3,(H,19,22)/t12-/m0/s1. The summed E-state index contributed by atoms with van der Waals surface area (Å²) >= 11 is 2.81. The fourth-order valence-electron chi connectivity index (χ4n) is 2.06. The Balaban J connectivity index is 1.87. The fourth-order valence-corrected chi connectivity index (χ4v) is 4.04. The molecule has 0 aliphatic carbocycles. The molecule has 1 atom stereocenters. The largest absolute Gasteiger partial charge is 0.466 e. The molecule has 7 heteroatoms. The lowest BCUT2D eigenvalue weighted by Crippen LogP contribution is -2.22. The molecule has 2 aromatic rings. The number of amides is 1. The molecule has 0 unspecified atom stereocenters. The number of aryl methyl sites for hydroxylation is 1. The molecule has 1 amide bonds. The third-order valence-corrected chi connectivity index (χ3v) is 5.56.